The summed E-state index contributed by atoms with van der Waals surface area (Å²) in [4.78, 5) is 39.3. The van der Waals surface area contributed by atoms with Crippen LogP contribution in [0.25, 0.3) is 0 Å². The number of benzene rings is 1. The van der Waals surface area contributed by atoms with E-state index in [1.54, 1.807) is 0 Å². The van der Waals surface area contributed by atoms with Crippen LogP contribution in [0, 0.1) is 0 Å². The smallest absolute Gasteiger partial charge is 0.275 e. The van der Waals surface area contributed by atoms with E-state index >= 15 is 0 Å². The zero-order valence-corrected chi connectivity index (χ0v) is 18.8. The maximum Gasteiger partial charge on any atom is 0.275 e. The second-order valence-electron chi connectivity index (χ2n) is 9.43. The molecule has 2 amide bonds. The van der Waals surface area contributed by atoms with Gasteiger partial charge in [-0.3, -0.25) is 14.4 Å². The number of nitrogens with one attached hydrogen (secondary N) is 4. The molecule has 7 nitrogen and oxygen atoms in total. The highest BCUT2D eigenvalue weighted by Crippen LogP contribution is 2.04. The Morgan fingerprint density at radius 1 is 0.933 bits per heavy atom. The molecule has 1 aliphatic heterocycles. The van der Waals surface area contributed by atoms with Crippen LogP contribution in [0.4, 0.5) is 0 Å². The third-order valence-corrected chi connectivity index (χ3v) is 5.34. The van der Waals surface area contributed by atoms with Crippen molar-refractivity contribution in [1.29, 1.82) is 0 Å². The third-order valence-electron chi connectivity index (χ3n) is 5.34. The van der Waals surface area contributed by atoms with E-state index < -0.39 is 6.04 Å². The van der Waals surface area contributed by atoms with E-state index in [0.29, 0.717) is 19.5 Å². The Kier molecular flexibility index (Phi) is 8.99. The number of carbonyl (C=O) groups excluding carboxylic acids is 3. The molecule has 2 unspecified atom stereocenters. The number of hydrogen-bond donors (Lipinski definition) is 4. The summed E-state index contributed by atoms with van der Waals surface area (Å²) < 4.78 is 0. The Morgan fingerprint density at radius 2 is 1.50 bits per heavy atom. The molecule has 7 heteroatoms. The second kappa shape index (κ2) is 11.2. The van der Waals surface area contributed by atoms with Crippen LogP contribution in [-0.2, 0) is 20.8 Å². The SMILES string of the molecule is CC(=O)[C@@H](Cc1ccccc1)NC(=O)C[NH+]1CCC[NH+](CC(=O)NC(C)(C)C)CC1. The zero-order chi connectivity index (χ0) is 22.1. The number of rotatable bonds is 8. The molecule has 1 saturated heterocycles. The van der Waals surface area contributed by atoms with Gasteiger partial charge in [0.2, 0.25) is 0 Å². The van der Waals surface area contributed by atoms with Gasteiger partial charge in [0.05, 0.1) is 19.1 Å². The molecule has 2 rings (SSSR count). The maximum atomic E-state index is 12.6. The fraction of sp³-hybridized carbons (Fsp3) is 0.609. The lowest BCUT2D eigenvalue weighted by Gasteiger charge is -2.23. The van der Waals surface area contributed by atoms with Crippen molar-refractivity contribution in [3.05, 3.63) is 35.9 Å². The van der Waals surface area contributed by atoms with Crippen LogP contribution in [-0.4, -0.2) is 68.4 Å². The number of quaternary nitrogens is 2. The molecule has 0 spiro atoms. The Bertz CT molecular complexity index is 715. The summed E-state index contributed by atoms with van der Waals surface area (Å²) in [6.45, 7) is 11.9. The molecule has 0 saturated carbocycles. The van der Waals surface area contributed by atoms with Gasteiger partial charge < -0.3 is 20.4 Å². The minimum Gasteiger partial charge on any atom is -0.347 e. The van der Waals surface area contributed by atoms with Crippen molar-refractivity contribution in [2.24, 2.45) is 0 Å². The lowest BCUT2D eigenvalue weighted by Crippen LogP contribution is -3.18. The standard InChI is InChI=1S/C23H36N4O3/c1-18(28)20(15-19-9-6-5-7-10-19)24-21(29)16-26-11-8-12-27(14-13-26)17-22(30)25-23(2,3)4/h5-7,9-10,20H,8,11-17H2,1-4H3,(H,24,29)(H,25,30)/p+2/t20-/m1/s1. The minimum atomic E-state index is -0.491. The van der Waals surface area contributed by atoms with E-state index in [-0.39, 0.29) is 23.1 Å². The van der Waals surface area contributed by atoms with Crippen molar-refractivity contribution in [1.82, 2.24) is 10.6 Å². The highest BCUT2D eigenvalue weighted by molar-refractivity contribution is 5.88. The molecule has 0 radical (unpaired) electrons. The minimum absolute atomic E-state index is 0.0291. The normalized spacial score (nSPS) is 20.7. The van der Waals surface area contributed by atoms with Crippen LogP contribution in [0.3, 0.4) is 0 Å². The predicted molar refractivity (Wildman–Crippen MR) is 116 cm³/mol. The van der Waals surface area contributed by atoms with Gasteiger partial charge in [-0.25, -0.2) is 0 Å². The molecule has 1 fully saturated rings. The van der Waals surface area contributed by atoms with Crippen LogP contribution in [0.2, 0.25) is 0 Å². The number of carbonyl (C=O) groups is 3. The van der Waals surface area contributed by atoms with Crippen LogP contribution in [0.15, 0.2) is 30.3 Å². The van der Waals surface area contributed by atoms with Crippen molar-refractivity contribution in [3.8, 4) is 0 Å². The monoisotopic (exact) mass is 418 g/mol. The summed E-state index contributed by atoms with van der Waals surface area (Å²) in [7, 11) is 0. The summed E-state index contributed by atoms with van der Waals surface area (Å²) in [6.07, 6.45) is 1.49. The van der Waals surface area contributed by atoms with Crippen molar-refractivity contribution < 1.29 is 24.2 Å². The zero-order valence-electron chi connectivity index (χ0n) is 18.8. The number of hydrogen-bond acceptors (Lipinski definition) is 3. The average molecular weight is 419 g/mol. The summed E-state index contributed by atoms with van der Waals surface area (Å²) >= 11 is 0. The van der Waals surface area contributed by atoms with Crippen molar-refractivity contribution >= 4 is 17.6 Å². The summed E-state index contributed by atoms with van der Waals surface area (Å²) in [5.74, 6) is -0.0440. The molecule has 0 aliphatic carbocycles. The van der Waals surface area contributed by atoms with Crippen LogP contribution >= 0.6 is 0 Å². The third kappa shape index (κ3) is 9.05. The Balaban J connectivity index is 1.80. The van der Waals surface area contributed by atoms with Gasteiger partial charge in [0.15, 0.2) is 18.9 Å². The van der Waals surface area contributed by atoms with Gasteiger partial charge in [-0.05, 0) is 39.7 Å². The largest absolute Gasteiger partial charge is 0.347 e. The second-order valence-corrected chi connectivity index (χ2v) is 9.43. The summed E-state index contributed by atoms with van der Waals surface area (Å²) in [5, 5.41) is 5.94. The van der Waals surface area contributed by atoms with Gasteiger partial charge in [-0.2, -0.15) is 0 Å². The van der Waals surface area contributed by atoms with Gasteiger partial charge >= 0.3 is 0 Å². The highest BCUT2D eigenvalue weighted by atomic mass is 16.2. The number of amides is 2. The quantitative estimate of drug-likeness (QED) is 0.410. The Morgan fingerprint density at radius 3 is 2.03 bits per heavy atom. The Labute approximate surface area is 180 Å². The van der Waals surface area contributed by atoms with E-state index in [4.69, 9.17) is 0 Å². The van der Waals surface area contributed by atoms with Crippen molar-refractivity contribution in [3.63, 3.8) is 0 Å². The molecule has 0 aromatic heterocycles. The van der Waals surface area contributed by atoms with E-state index in [1.807, 2.05) is 51.1 Å². The van der Waals surface area contributed by atoms with Crippen LogP contribution in [0.1, 0.15) is 39.7 Å². The maximum absolute atomic E-state index is 12.6. The first kappa shape index (κ1) is 24.0. The van der Waals surface area contributed by atoms with E-state index in [1.165, 1.54) is 16.7 Å². The average Bonchev–Trinajstić information content (AvgIpc) is 2.85. The molecule has 1 heterocycles. The van der Waals surface area contributed by atoms with Crippen LogP contribution < -0.4 is 20.4 Å². The summed E-state index contributed by atoms with van der Waals surface area (Å²) in [6, 6.07) is 9.25. The predicted octanol–water partition coefficient (Wildman–Crippen LogP) is -1.61. The molecular weight excluding hydrogens is 380 g/mol. The molecule has 1 aliphatic rings. The molecule has 1 aromatic rings. The number of Topliss-reactive ketones (excluding diaryl/α,β-unsaturated/α-hetero) is 1. The van der Waals surface area contributed by atoms with Gasteiger partial charge in [0, 0.05) is 12.0 Å². The molecule has 30 heavy (non-hydrogen) atoms. The van der Waals surface area contributed by atoms with Crippen LogP contribution in [0.5, 0.6) is 0 Å². The topological polar surface area (TPSA) is 84.2 Å². The Hall–Kier alpha value is -2.25. The van der Waals surface area contributed by atoms with E-state index in [9.17, 15) is 14.4 Å². The molecule has 3 atom stereocenters. The molecule has 1 aromatic carbocycles. The van der Waals surface area contributed by atoms with E-state index in [0.717, 1.165) is 38.2 Å². The first-order chi connectivity index (χ1) is 14.1. The molecule has 166 valence electrons. The van der Waals surface area contributed by atoms with Gasteiger partial charge in [-0.1, -0.05) is 30.3 Å². The lowest BCUT2D eigenvalue weighted by molar-refractivity contribution is -0.930. The fourth-order valence-electron chi connectivity index (χ4n) is 3.85. The first-order valence-electron chi connectivity index (χ1n) is 10.9. The van der Waals surface area contributed by atoms with Gasteiger partial charge in [0.1, 0.15) is 13.1 Å². The summed E-state index contributed by atoms with van der Waals surface area (Å²) in [5.41, 5.74) is 0.818. The fourth-order valence-corrected chi connectivity index (χ4v) is 3.85. The first-order valence-corrected chi connectivity index (χ1v) is 10.9. The van der Waals surface area contributed by atoms with Crippen molar-refractivity contribution in [2.75, 3.05) is 39.3 Å². The molecular formula is C23H38N4O3+2. The van der Waals surface area contributed by atoms with E-state index in [2.05, 4.69) is 10.6 Å². The van der Waals surface area contributed by atoms with Gasteiger partial charge in [-0.15, -0.1) is 0 Å². The molecule has 0 bridgehead atoms. The molecule has 4 N–H and O–H groups in total. The van der Waals surface area contributed by atoms with Gasteiger partial charge in [0.25, 0.3) is 11.8 Å². The lowest BCUT2D eigenvalue weighted by atomic mass is 10.0. The highest BCUT2D eigenvalue weighted by Gasteiger charge is 2.26. The number of ketones is 1. The van der Waals surface area contributed by atoms with Crippen molar-refractivity contribution in [2.45, 2.75) is 52.1 Å².